The summed E-state index contributed by atoms with van der Waals surface area (Å²) in [4.78, 5) is 37.3. The Morgan fingerprint density at radius 3 is 1.35 bits per heavy atom. The van der Waals surface area contributed by atoms with Crippen LogP contribution in [0.25, 0.3) is 99.8 Å². The zero-order chi connectivity index (χ0) is 92.2. The first-order chi connectivity index (χ1) is 64.7. The first-order valence-electron chi connectivity index (χ1n) is 43.4. The summed E-state index contributed by atoms with van der Waals surface area (Å²) in [7, 11) is -3.18. The van der Waals surface area contributed by atoms with E-state index >= 15 is 0 Å². The van der Waals surface area contributed by atoms with Crippen molar-refractivity contribution in [2.45, 2.75) is 38.5 Å². The van der Waals surface area contributed by atoms with Crippen LogP contribution in [-0.4, -0.2) is 101 Å². The number of benzene rings is 17. The zero-order valence-corrected chi connectivity index (χ0v) is 72.1. The van der Waals surface area contributed by atoms with Gasteiger partial charge in [0, 0.05) is 82.6 Å². The highest BCUT2D eigenvalue weighted by Gasteiger charge is 2.30. The van der Waals surface area contributed by atoms with E-state index in [0.717, 1.165) is 142 Å². The maximum atomic E-state index is 12.6. The number of carboxylic acids is 2. The Bertz CT molecular complexity index is 7990. The first-order valence-corrected chi connectivity index (χ1v) is 43.4. The smallest absolute Gasteiger partial charge is 0.488 e. The molecule has 23 heteroatoms. The quantitative estimate of drug-likeness (QED) is 0.0141. The van der Waals surface area contributed by atoms with Crippen molar-refractivity contribution < 1.29 is 93.6 Å². The highest BCUT2D eigenvalue weighted by Crippen LogP contribution is 2.48. The Balaban J connectivity index is 0.000000138. The molecule has 650 valence electrons. The maximum absolute atomic E-state index is 12.6. The molecule has 0 amide bonds. The van der Waals surface area contributed by atoms with E-state index in [0.29, 0.717) is 123 Å². The lowest BCUT2D eigenvalue weighted by atomic mass is 9.76. The third-order valence-corrected chi connectivity index (χ3v) is 24.7. The number of nitrogens with two attached hydrogens (primary N) is 1. The number of methoxy groups -OCH3 is 2. The Hall–Kier alpha value is -15.5. The van der Waals surface area contributed by atoms with Crippen molar-refractivity contribution >= 4 is 146 Å². The molecule has 4 aliphatic rings. The molecular weight excluding hydrogens is 1670 g/mol. The second kappa shape index (κ2) is 38.3. The molecule has 0 atom stereocenters. The largest absolute Gasteiger partial charge is 0.545 e. The van der Waals surface area contributed by atoms with Crippen molar-refractivity contribution in [3.63, 3.8) is 0 Å². The highest BCUT2D eigenvalue weighted by molar-refractivity contribution is 6.60. The Kier molecular flexibility index (Phi) is 25.4. The van der Waals surface area contributed by atoms with E-state index < -0.39 is 46.4 Å². The van der Waals surface area contributed by atoms with Crippen molar-refractivity contribution in [1.82, 2.24) is 0 Å². The molecule has 16 aromatic rings. The number of esters is 1. The molecule has 0 aromatic heterocycles. The molecule has 16 aromatic carbocycles. The number of aryl methyl sites for hydroxylation is 4. The van der Waals surface area contributed by atoms with Gasteiger partial charge in [-0.2, -0.15) is 0 Å². The monoisotopic (exact) mass is 1750 g/mol. The minimum Gasteiger partial charge on any atom is -0.545 e. The van der Waals surface area contributed by atoms with Crippen LogP contribution in [0.1, 0.15) is 86.7 Å². The third-order valence-electron chi connectivity index (χ3n) is 24.7. The van der Waals surface area contributed by atoms with Gasteiger partial charge in [0.05, 0.1) is 43.2 Å². The number of hydrogen-bond donors (Lipinski definition) is 9. The number of hydrogen-bond acceptors (Lipinski definition) is 18. The van der Waals surface area contributed by atoms with Gasteiger partial charge >= 0.3 is 34.4 Å². The predicted molar refractivity (Wildman–Crippen MR) is 517 cm³/mol. The van der Waals surface area contributed by atoms with Crippen molar-refractivity contribution in [1.29, 1.82) is 0 Å². The molecule has 0 fully saturated rings. The first kappa shape index (κ1) is 88.1. The van der Waals surface area contributed by atoms with Crippen LogP contribution in [-0.2, 0) is 43.3 Å². The van der Waals surface area contributed by atoms with Crippen LogP contribution in [0, 0.1) is 0 Å². The summed E-state index contributed by atoms with van der Waals surface area (Å²) in [6.45, 7) is 0. The molecule has 0 spiro atoms. The van der Waals surface area contributed by atoms with Gasteiger partial charge in [-0.05, 0) is 203 Å². The van der Waals surface area contributed by atoms with Gasteiger partial charge in [-0.3, -0.25) is 5.41 Å². The fourth-order valence-corrected chi connectivity index (χ4v) is 18.3. The average molecular weight is 1750 g/mol. The van der Waals surface area contributed by atoms with Gasteiger partial charge in [-0.15, -0.1) is 0 Å². The molecule has 0 saturated carbocycles. The summed E-state index contributed by atoms with van der Waals surface area (Å²) in [5.74, 6) is 0.826. The zero-order valence-electron chi connectivity index (χ0n) is 72.1. The summed E-state index contributed by atoms with van der Waals surface area (Å²) in [5.41, 5.74) is 15.3. The molecule has 10 N–H and O–H groups in total. The molecule has 0 saturated heterocycles. The maximum Gasteiger partial charge on any atom is 0.488 e. The van der Waals surface area contributed by atoms with Gasteiger partial charge in [0.15, 0.2) is 5.36 Å². The lowest BCUT2D eigenvalue weighted by Gasteiger charge is -2.25. The standard InChI is InChI=1S/C44H34B2O7.C40H32B2O7.C26H19NO4/c47-44(48)36-10-4-3-9-35(36)41-37-23-19-31-25-27(13-17-29-7-1-5-11-39(29)45(49)50)15-21-33(31)42(37)53-43-34-22-16-28(26-32(34)20-24-38(41)43)14-18-30-8-2-6-12-40(30)46(51)52;43-40(44)32-10-4-3-9-31(32)38-33-21-16-26(14-18-28-8-2-6-12-36(28)42(47)48)24-37(33)49-39-30-20-15-25(23-29(30)19-22-34(38)39)13-17-27-7-1-5-11-35(27)41(45)46;1-29-21-9-5-6-15-10-12-20-24(17-7-3-4-8-18(17)26(28)30-2)19-13-11-16(27)14-22(19)31-25(20)23(15)21/h1-13,15-16,19-26,49-52H,14,17-18H2,(H,47,48);1-12,14-16,19-24,45-48H,13,17-18H2,(H,43,44);3-14,27H,1-2H3/p-1/b27-13-;26-14+;. The number of rotatable bonds is 21. The fourth-order valence-electron chi connectivity index (χ4n) is 18.3. The van der Waals surface area contributed by atoms with E-state index in [2.05, 4.69) is 18.2 Å². The number of ether oxygens (including phenoxy) is 4. The van der Waals surface area contributed by atoms with Gasteiger partial charge in [0.25, 0.3) is 0 Å². The van der Waals surface area contributed by atoms with Crippen molar-refractivity contribution in [3.05, 3.63) is 426 Å². The topological polar surface area (TPSA) is 335 Å². The molecule has 0 bridgehead atoms. The molecule has 1 aliphatic carbocycles. The molecular formula is C110H84B4NO18-. The van der Waals surface area contributed by atoms with E-state index in [9.17, 15) is 64.8 Å². The SMILES string of the molecule is COC(=O)c1ccccc1-c1c2ccc(=[NH2+])cc-2oc2c1ccc1cccc(OC)c12.O=C([O-])c1ccccc1C1=c2cc/c(=C\Cc3ccccc3B(O)O)cc2Oc2c1ccc1cc(CCc3ccccc3B(O)O)ccc21.O=C([O-])c1ccccc1C1=c2ccc3c/c(=C\Cc4ccccc4B(O)O)ccc3c2Oc2c1ccc1cc(CCc3ccccc3B(O)O)ccc21. The highest BCUT2D eigenvalue weighted by atomic mass is 16.5. The minimum absolute atomic E-state index is 0.0785. The van der Waals surface area contributed by atoms with Crippen LogP contribution in [0.15, 0.2) is 332 Å². The van der Waals surface area contributed by atoms with Gasteiger partial charge < -0.3 is 83.4 Å². The molecule has 133 heavy (non-hydrogen) atoms. The van der Waals surface area contributed by atoms with E-state index in [1.807, 2.05) is 218 Å². The minimum atomic E-state index is -1.58. The summed E-state index contributed by atoms with van der Waals surface area (Å²) >= 11 is 0. The van der Waals surface area contributed by atoms with Crippen LogP contribution in [0.3, 0.4) is 0 Å². The van der Waals surface area contributed by atoms with Crippen molar-refractivity contribution in [3.8, 4) is 51.2 Å². The van der Waals surface area contributed by atoms with Crippen LogP contribution < -0.4 is 77.9 Å². The van der Waals surface area contributed by atoms with Gasteiger partial charge in [-0.25, -0.2) is 4.79 Å². The van der Waals surface area contributed by atoms with Crippen LogP contribution in [0.5, 0.6) is 28.7 Å². The van der Waals surface area contributed by atoms with E-state index in [1.165, 1.54) is 7.11 Å². The molecule has 19 nitrogen and oxygen atoms in total. The lowest BCUT2D eigenvalue weighted by Crippen LogP contribution is -2.44. The number of aromatic carboxylic acids is 2. The van der Waals surface area contributed by atoms with Crippen LogP contribution in [0.2, 0.25) is 0 Å². The molecule has 20 rings (SSSR count). The second-order valence-corrected chi connectivity index (χ2v) is 32.7. The number of carbonyl (C=O) groups is 3. The van der Waals surface area contributed by atoms with Crippen LogP contribution in [0.4, 0.5) is 0 Å². The Morgan fingerprint density at radius 1 is 0.368 bits per heavy atom. The van der Waals surface area contributed by atoms with Crippen molar-refractivity contribution in [2.75, 3.05) is 14.2 Å². The van der Waals surface area contributed by atoms with Gasteiger partial charge in [-0.1, -0.05) is 267 Å². The fraction of sp³-hybridized carbons (Fsp3) is 0.0727. The van der Waals surface area contributed by atoms with Crippen LogP contribution >= 0.6 is 0 Å². The summed E-state index contributed by atoms with van der Waals surface area (Å²) in [6, 6.07) is 102. The number of fused-ring (bicyclic) bond motifs is 14. The lowest BCUT2D eigenvalue weighted by molar-refractivity contribution is -0.256. The third kappa shape index (κ3) is 17.8. The molecule has 3 aliphatic heterocycles. The molecule has 0 radical (unpaired) electrons. The second-order valence-electron chi connectivity index (χ2n) is 32.7. The number of carboxylic acid groups (broad SMARTS) is 2. The van der Waals surface area contributed by atoms with E-state index in [4.69, 9.17) is 28.8 Å². The Morgan fingerprint density at radius 2 is 0.805 bits per heavy atom. The van der Waals surface area contributed by atoms with E-state index in [1.54, 1.807) is 110 Å². The summed E-state index contributed by atoms with van der Waals surface area (Å²) in [5, 5.41) is 121. The molecule has 3 heterocycles. The normalized spacial score (nSPS) is 12.1. The van der Waals surface area contributed by atoms with E-state index in [-0.39, 0.29) is 11.1 Å². The summed E-state index contributed by atoms with van der Waals surface area (Å²) in [6.07, 6.45) is 7.63. The van der Waals surface area contributed by atoms with Gasteiger partial charge in [0.2, 0.25) is 0 Å². The van der Waals surface area contributed by atoms with Gasteiger partial charge in [0.1, 0.15) is 40.1 Å². The average Bonchev–Trinajstić information content (AvgIpc) is 0.716. The number of carbonyl (C=O) groups excluding carboxylic acids is 3. The Labute approximate surface area is 764 Å². The predicted octanol–water partition coefficient (Wildman–Crippen LogP) is 8.41. The summed E-state index contributed by atoms with van der Waals surface area (Å²) < 4.78 is 30.6. The molecule has 0 unspecified atom stereocenters. The van der Waals surface area contributed by atoms with Crippen molar-refractivity contribution in [2.24, 2.45) is 0 Å².